The molecule has 122 valence electrons. The van der Waals surface area contributed by atoms with Crippen molar-refractivity contribution < 1.29 is 9.16 Å². The van der Waals surface area contributed by atoms with Crippen LogP contribution in [-0.4, -0.2) is 27.1 Å². The molecule has 0 N–H and O–H groups in total. The molecular weight excluding hydrogens is 300 g/mol. The van der Waals surface area contributed by atoms with Crippen LogP contribution in [0.5, 0.6) is 0 Å². The highest BCUT2D eigenvalue weighted by atomic mass is 28.4. The number of rotatable bonds is 5. The lowest BCUT2D eigenvalue weighted by atomic mass is 10.2. The Morgan fingerprint density at radius 2 is 1.35 bits per heavy atom. The Morgan fingerprint density at radius 3 is 1.70 bits per heavy atom. The van der Waals surface area contributed by atoms with Crippen molar-refractivity contribution >= 4 is 18.7 Å². The minimum Gasteiger partial charge on any atom is -0.405 e. The zero-order valence-electron chi connectivity index (χ0n) is 14.5. The second-order valence-electron chi connectivity index (χ2n) is 7.35. The Morgan fingerprint density at radius 1 is 0.913 bits per heavy atom. The second kappa shape index (κ2) is 6.23. The highest BCUT2D eigenvalue weighted by molar-refractivity contribution is 6.99. The molecule has 3 rings (SSSR count). The van der Waals surface area contributed by atoms with Gasteiger partial charge in [-0.05, 0) is 22.3 Å². The van der Waals surface area contributed by atoms with Crippen molar-refractivity contribution in [2.75, 3.05) is 6.61 Å². The predicted octanol–water partition coefficient (Wildman–Crippen LogP) is 3.35. The van der Waals surface area contributed by atoms with Crippen LogP contribution in [0.15, 0.2) is 60.7 Å². The lowest BCUT2D eigenvalue weighted by molar-refractivity contribution is 0.248. The summed E-state index contributed by atoms with van der Waals surface area (Å²) in [5.41, 5.74) is 0. The third kappa shape index (κ3) is 3.14. The Bertz CT molecular complexity index is 594. The van der Waals surface area contributed by atoms with Crippen molar-refractivity contribution in [1.82, 2.24) is 0 Å². The SMILES string of the molecule is C[C@H]1O[C@@H]1CO[Si](c1ccccc1)(c1ccccc1)C(C)(C)C. The maximum atomic E-state index is 6.77. The molecule has 0 radical (unpaired) electrons. The molecule has 2 aromatic rings. The molecule has 0 saturated carbocycles. The molecule has 23 heavy (non-hydrogen) atoms. The fraction of sp³-hybridized carbons (Fsp3) is 0.400. The van der Waals surface area contributed by atoms with Gasteiger partial charge in [-0.1, -0.05) is 81.4 Å². The quantitative estimate of drug-likeness (QED) is 0.621. The molecule has 0 aromatic heterocycles. The number of benzene rings is 2. The van der Waals surface area contributed by atoms with Gasteiger partial charge in [0.2, 0.25) is 0 Å². The maximum Gasteiger partial charge on any atom is 0.261 e. The molecule has 3 heteroatoms. The molecule has 1 saturated heterocycles. The van der Waals surface area contributed by atoms with Gasteiger partial charge in [-0.25, -0.2) is 0 Å². The van der Waals surface area contributed by atoms with E-state index in [1.807, 2.05) is 0 Å². The lowest BCUT2D eigenvalue weighted by Crippen LogP contribution is -2.66. The molecule has 0 amide bonds. The van der Waals surface area contributed by atoms with E-state index in [4.69, 9.17) is 9.16 Å². The Kier molecular flexibility index (Phi) is 4.45. The van der Waals surface area contributed by atoms with Gasteiger partial charge < -0.3 is 9.16 Å². The summed E-state index contributed by atoms with van der Waals surface area (Å²) < 4.78 is 12.4. The van der Waals surface area contributed by atoms with Gasteiger partial charge in [-0.3, -0.25) is 0 Å². The first-order valence-corrected chi connectivity index (χ1v) is 10.3. The van der Waals surface area contributed by atoms with Gasteiger partial charge in [-0.15, -0.1) is 0 Å². The molecule has 1 aliphatic heterocycles. The van der Waals surface area contributed by atoms with Crippen molar-refractivity contribution in [1.29, 1.82) is 0 Å². The van der Waals surface area contributed by atoms with Gasteiger partial charge in [0.05, 0.1) is 12.7 Å². The zero-order chi connectivity index (χ0) is 16.5. The molecule has 0 spiro atoms. The van der Waals surface area contributed by atoms with Crippen LogP contribution in [0, 0.1) is 0 Å². The van der Waals surface area contributed by atoms with Gasteiger partial charge in [0.1, 0.15) is 6.10 Å². The van der Waals surface area contributed by atoms with Gasteiger partial charge >= 0.3 is 0 Å². The number of hydrogen-bond acceptors (Lipinski definition) is 2. The Hall–Kier alpha value is -1.42. The summed E-state index contributed by atoms with van der Waals surface area (Å²) in [6.45, 7) is 9.69. The first-order chi connectivity index (χ1) is 10.9. The van der Waals surface area contributed by atoms with Crippen LogP contribution >= 0.6 is 0 Å². The average Bonchev–Trinajstić information content (AvgIpc) is 3.24. The normalized spacial score (nSPS) is 21.2. The van der Waals surface area contributed by atoms with Crippen LogP contribution in [-0.2, 0) is 9.16 Å². The number of epoxide rings is 1. The molecule has 2 aromatic carbocycles. The molecule has 1 aliphatic rings. The van der Waals surface area contributed by atoms with E-state index in [2.05, 4.69) is 88.4 Å². The summed E-state index contributed by atoms with van der Waals surface area (Å²) in [4.78, 5) is 0. The molecule has 2 atom stereocenters. The fourth-order valence-electron chi connectivity index (χ4n) is 3.37. The minimum absolute atomic E-state index is 0.0356. The summed E-state index contributed by atoms with van der Waals surface area (Å²) in [6.07, 6.45) is 0.574. The lowest BCUT2D eigenvalue weighted by Gasteiger charge is -2.43. The summed E-state index contributed by atoms with van der Waals surface area (Å²) in [6, 6.07) is 21.5. The van der Waals surface area contributed by atoms with E-state index in [0.717, 1.165) is 0 Å². The first kappa shape index (κ1) is 16.4. The minimum atomic E-state index is -2.38. The van der Waals surface area contributed by atoms with Crippen molar-refractivity contribution in [3.05, 3.63) is 60.7 Å². The molecule has 1 heterocycles. The standard InChI is InChI=1S/C20H26O2Si/c1-16-19(22-16)15-21-23(20(2,3)4,17-11-7-5-8-12-17)18-13-9-6-10-14-18/h5-14,16,19H,15H2,1-4H3/t16-,19-/m1/s1. The van der Waals surface area contributed by atoms with Gasteiger partial charge in [0.25, 0.3) is 8.32 Å². The number of hydrogen-bond donors (Lipinski definition) is 0. The van der Waals surface area contributed by atoms with E-state index in [1.54, 1.807) is 0 Å². The second-order valence-corrected chi connectivity index (χ2v) is 11.7. The summed E-state index contributed by atoms with van der Waals surface area (Å²) >= 11 is 0. The predicted molar refractivity (Wildman–Crippen MR) is 97.9 cm³/mol. The van der Waals surface area contributed by atoms with E-state index < -0.39 is 8.32 Å². The van der Waals surface area contributed by atoms with E-state index in [0.29, 0.717) is 12.7 Å². The Balaban J connectivity index is 2.09. The molecular formula is C20H26O2Si. The van der Waals surface area contributed by atoms with Crippen LogP contribution in [0.2, 0.25) is 5.04 Å². The van der Waals surface area contributed by atoms with E-state index in [1.165, 1.54) is 10.4 Å². The van der Waals surface area contributed by atoms with Crippen molar-refractivity contribution in [3.8, 4) is 0 Å². The first-order valence-electron chi connectivity index (χ1n) is 8.35. The average molecular weight is 327 g/mol. The summed E-state index contributed by atoms with van der Waals surface area (Å²) in [5, 5.41) is 2.69. The van der Waals surface area contributed by atoms with Crippen molar-refractivity contribution in [2.45, 2.75) is 44.9 Å². The van der Waals surface area contributed by atoms with E-state index >= 15 is 0 Å². The van der Waals surface area contributed by atoms with Gasteiger partial charge in [0.15, 0.2) is 0 Å². The maximum absolute atomic E-state index is 6.77. The van der Waals surface area contributed by atoms with Gasteiger partial charge in [0, 0.05) is 0 Å². The van der Waals surface area contributed by atoms with Crippen LogP contribution < -0.4 is 10.4 Å². The third-order valence-electron chi connectivity index (χ3n) is 4.72. The smallest absolute Gasteiger partial charge is 0.261 e. The molecule has 0 aliphatic carbocycles. The van der Waals surface area contributed by atoms with Crippen LogP contribution in [0.25, 0.3) is 0 Å². The van der Waals surface area contributed by atoms with Crippen molar-refractivity contribution in [2.24, 2.45) is 0 Å². The highest BCUT2D eigenvalue weighted by Crippen LogP contribution is 2.37. The highest BCUT2D eigenvalue weighted by Gasteiger charge is 2.51. The fourth-order valence-corrected chi connectivity index (χ4v) is 7.94. The summed E-state index contributed by atoms with van der Waals surface area (Å²) in [5.74, 6) is 0. The van der Waals surface area contributed by atoms with Crippen LogP contribution in [0.1, 0.15) is 27.7 Å². The van der Waals surface area contributed by atoms with E-state index in [9.17, 15) is 0 Å². The van der Waals surface area contributed by atoms with Crippen molar-refractivity contribution in [3.63, 3.8) is 0 Å². The Labute approximate surface area is 140 Å². The molecule has 0 bridgehead atoms. The summed E-state index contributed by atoms with van der Waals surface area (Å²) in [7, 11) is -2.38. The van der Waals surface area contributed by atoms with E-state index in [-0.39, 0.29) is 11.1 Å². The molecule has 0 unspecified atom stereocenters. The largest absolute Gasteiger partial charge is 0.405 e. The van der Waals surface area contributed by atoms with Crippen LogP contribution in [0.3, 0.4) is 0 Å². The molecule has 2 nitrogen and oxygen atoms in total. The zero-order valence-corrected chi connectivity index (χ0v) is 15.5. The third-order valence-corrected chi connectivity index (χ3v) is 9.72. The topological polar surface area (TPSA) is 21.8 Å². The van der Waals surface area contributed by atoms with Crippen LogP contribution in [0.4, 0.5) is 0 Å². The number of ether oxygens (including phenoxy) is 1. The molecule has 1 fully saturated rings. The van der Waals surface area contributed by atoms with Gasteiger partial charge in [-0.2, -0.15) is 0 Å². The monoisotopic (exact) mass is 326 g/mol.